The average Bonchev–Trinajstić information content (AvgIpc) is 3.02. The molecule has 0 aromatic carbocycles. The van der Waals surface area contributed by atoms with Crippen molar-refractivity contribution in [2.75, 3.05) is 5.43 Å². The lowest BCUT2D eigenvalue weighted by Crippen LogP contribution is -2.14. The molecule has 0 atom stereocenters. The summed E-state index contributed by atoms with van der Waals surface area (Å²) < 4.78 is 1.41. The topological polar surface area (TPSA) is 133 Å². The van der Waals surface area contributed by atoms with Crippen LogP contribution in [0.2, 0.25) is 0 Å². The molecule has 10 nitrogen and oxygen atoms in total. The van der Waals surface area contributed by atoms with E-state index in [-0.39, 0.29) is 5.95 Å². The largest absolute Gasteiger partial charge is 0.292 e. The Morgan fingerprint density at radius 3 is 2.80 bits per heavy atom. The second-order valence-electron chi connectivity index (χ2n) is 3.37. The van der Waals surface area contributed by atoms with Gasteiger partial charge in [0.2, 0.25) is 11.1 Å². The van der Waals surface area contributed by atoms with Crippen molar-refractivity contribution in [3.05, 3.63) is 31.2 Å². The molecule has 0 amide bonds. The number of nitrogens with zero attached hydrogens (tertiary/aromatic N) is 8. The van der Waals surface area contributed by atoms with E-state index in [2.05, 4.69) is 40.4 Å². The van der Waals surface area contributed by atoms with Crippen molar-refractivity contribution in [2.45, 2.75) is 10.2 Å². The SMILES string of the molecule is NNc1nc(Sc2cnccn2)nc(-n2cncn2)n1. The molecule has 3 aromatic heterocycles. The number of rotatable bonds is 4. The Balaban J connectivity index is 1.96. The summed E-state index contributed by atoms with van der Waals surface area (Å²) in [6.45, 7) is 0. The number of aromatic nitrogens is 8. The highest BCUT2D eigenvalue weighted by atomic mass is 32.2. The highest BCUT2D eigenvalue weighted by molar-refractivity contribution is 7.99. The molecular formula is C9H8N10S. The Hall–Kier alpha value is -2.66. The summed E-state index contributed by atoms with van der Waals surface area (Å²) in [6, 6.07) is 0. The molecule has 20 heavy (non-hydrogen) atoms. The minimum absolute atomic E-state index is 0.219. The third kappa shape index (κ3) is 2.67. The number of hydrazine groups is 1. The molecule has 3 rings (SSSR count). The molecule has 100 valence electrons. The predicted molar refractivity (Wildman–Crippen MR) is 68.7 cm³/mol. The summed E-state index contributed by atoms with van der Waals surface area (Å²) in [6.07, 6.45) is 7.65. The zero-order chi connectivity index (χ0) is 13.8. The zero-order valence-electron chi connectivity index (χ0n) is 9.95. The lowest BCUT2D eigenvalue weighted by atomic mass is 10.8. The number of nitrogens with two attached hydrogens (primary N) is 1. The van der Waals surface area contributed by atoms with E-state index in [4.69, 9.17) is 5.84 Å². The summed E-state index contributed by atoms with van der Waals surface area (Å²) in [4.78, 5) is 24.4. The van der Waals surface area contributed by atoms with Crippen LogP contribution in [-0.4, -0.2) is 39.7 Å². The summed E-state index contributed by atoms with van der Waals surface area (Å²) >= 11 is 1.24. The van der Waals surface area contributed by atoms with Gasteiger partial charge in [0.15, 0.2) is 0 Å². The molecule has 0 fully saturated rings. The van der Waals surface area contributed by atoms with Gasteiger partial charge in [-0.3, -0.25) is 10.4 Å². The summed E-state index contributed by atoms with van der Waals surface area (Å²) in [7, 11) is 0. The Morgan fingerprint density at radius 2 is 2.10 bits per heavy atom. The molecule has 3 N–H and O–H groups in total. The van der Waals surface area contributed by atoms with Gasteiger partial charge in [0.05, 0.1) is 6.20 Å². The molecule has 0 aliphatic carbocycles. The predicted octanol–water partition coefficient (Wildman–Crippen LogP) is -0.321. The maximum absolute atomic E-state index is 5.35. The van der Waals surface area contributed by atoms with Gasteiger partial charge in [-0.2, -0.15) is 24.7 Å². The number of nitrogens with one attached hydrogen (secondary N) is 1. The second kappa shape index (κ2) is 5.54. The first-order chi connectivity index (χ1) is 9.85. The molecule has 0 aliphatic heterocycles. The molecule has 11 heteroatoms. The molecule has 0 radical (unpaired) electrons. The van der Waals surface area contributed by atoms with Crippen LogP contribution >= 0.6 is 11.8 Å². The zero-order valence-corrected chi connectivity index (χ0v) is 10.8. The first-order valence-corrected chi connectivity index (χ1v) is 6.18. The first-order valence-electron chi connectivity index (χ1n) is 5.37. The van der Waals surface area contributed by atoms with Crippen LogP contribution in [0.3, 0.4) is 0 Å². The quantitative estimate of drug-likeness (QED) is 0.486. The Kier molecular flexibility index (Phi) is 3.43. The van der Waals surface area contributed by atoms with Crippen LogP contribution < -0.4 is 11.3 Å². The Bertz CT molecular complexity index is 685. The van der Waals surface area contributed by atoms with Crippen molar-refractivity contribution in [2.24, 2.45) is 5.84 Å². The van der Waals surface area contributed by atoms with Gasteiger partial charge < -0.3 is 0 Å². The minimum atomic E-state index is 0.219. The molecule has 0 aliphatic rings. The molecule has 0 unspecified atom stereocenters. The number of anilines is 1. The highest BCUT2D eigenvalue weighted by Gasteiger charge is 2.10. The van der Waals surface area contributed by atoms with Crippen LogP contribution in [0.5, 0.6) is 0 Å². The van der Waals surface area contributed by atoms with E-state index in [9.17, 15) is 0 Å². The van der Waals surface area contributed by atoms with E-state index < -0.39 is 0 Å². The lowest BCUT2D eigenvalue weighted by molar-refractivity contribution is 0.759. The molecule has 3 aromatic rings. The molecule has 0 saturated carbocycles. The van der Waals surface area contributed by atoms with Crippen molar-refractivity contribution in [1.82, 2.24) is 39.7 Å². The fourth-order valence-electron chi connectivity index (χ4n) is 1.30. The maximum atomic E-state index is 5.35. The molecular weight excluding hydrogens is 280 g/mol. The Labute approximate surface area is 116 Å². The average molecular weight is 288 g/mol. The van der Waals surface area contributed by atoms with Gasteiger partial charge in [0, 0.05) is 12.4 Å². The van der Waals surface area contributed by atoms with Gasteiger partial charge in [-0.15, -0.1) is 0 Å². The van der Waals surface area contributed by atoms with Crippen molar-refractivity contribution in [3.63, 3.8) is 0 Å². The monoisotopic (exact) mass is 288 g/mol. The van der Waals surface area contributed by atoms with E-state index in [1.807, 2.05) is 0 Å². The van der Waals surface area contributed by atoms with Crippen LogP contribution in [-0.2, 0) is 0 Å². The third-order valence-electron chi connectivity index (χ3n) is 2.09. The van der Waals surface area contributed by atoms with Crippen LogP contribution in [0.25, 0.3) is 5.95 Å². The van der Waals surface area contributed by atoms with Crippen LogP contribution in [0.4, 0.5) is 5.95 Å². The third-order valence-corrected chi connectivity index (χ3v) is 2.88. The smallest absolute Gasteiger partial charge is 0.257 e. The molecule has 3 heterocycles. The molecule has 0 bridgehead atoms. The fourth-order valence-corrected chi connectivity index (χ4v) is 1.98. The summed E-state index contributed by atoms with van der Waals surface area (Å²) in [5.74, 6) is 5.87. The van der Waals surface area contributed by atoms with Crippen LogP contribution in [0.15, 0.2) is 41.4 Å². The van der Waals surface area contributed by atoms with Crippen molar-refractivity contribution >= 4 is 17.7 Å². The van der Waals surface area contributed by atoms with Crippen LogP contribution in [0, 0.1) is 0 Å². The van der Waals surface area contributed by atoms with E-state index in [0.29, 0.717) is 16.1 Å². The van der Waals surface area contributed by atoms with Crippen molar-refractivity contribution < 1.29 is 0 Å². The molecule has 0 saturated heterocycles. The Morgan fingerprint density at radius 1 is 1.15 bits per heavy atom. The normalized spacial score (nSPS) is 10.4. The second-order valence-corrected chi connectivity index (χ2v) is 4.36. The van der Waals surface area contributed by atoms with Gasteiger partial charge in [-0.1, -0.05) is 0 Å². The van der Waals surface area contributed by atoms with Gasteiger partial charge in [-0.05, 0) is 11.8 Å². The van der Waals surface area contributed by atoms with Crippen molar-refractivity contribution in [1.29, 1.82) is 0 Å². The van der Waals surface area contributed by atoms with Gasteiger partial charge >= 0.3 is 0 Å². The summed E-state index contributed by atoms with van der Waals surface area (Å²) in [5.41, 5.74) is 2.38. The van der Waals surface area contributed by atoms with E-state index in [0.717, 1.165) is 0 Å². The van der Waals surface area contributed by atoms with Gasteiger partial charge in [0.25, 0.3) is 5.95 Å². The van der Waals surface area contributed by atoms with Crippen LogP contribution in [0.1, 0.15) is 0 Å². The lowest BCUT2D eigenvalue weighted by Gasteiger charge is -2.05. The van der Waals surface area contributed by atoms with E-state index in [1.54, 1.807) is 18.6 Å². The first kappa shape index (κ1) is 12.4. The number of nitrogen functional groups attached to an aromatic ring is 1. The number of hydrogen-bond acceptors (Lipinski definition) is 10. The molecule has 0 spiro atoms. The highest BCUT2D eigenvalue weighted by Crippen LogP contribution is 2.22. The van der Waals surface area contributed by atoms with E-state index in [1.165, 1.54) is 29.1 Å². The number of hydrogen-bond donors (Lipinski definition) is 2. The van der Waals surface area contributed by atoms with Gasteiger partial charge in [-0.25, -0.2) is 15.8 Å². The van der Waals surface area contributed by atoms with E-state index >= 15 is 0 Å². The summed E-state index contributed by atoms with van der Waals surface area (Å²) in [5, 5.41) is 5.03. The maximum Gasteiger partial charge on any atom is 0.257 e. The fraction of sp³-hybridized carbons (Fsp3) is 0. The van der Waals surface area contributed by atoms with Gasteiger partial charge in [0.1, 0.15) is 17.7 Å². The van der Waals surface area contributed by atoms with Crippen molar-refractivity contribution in [3.8, 4) is 5.95 Å². The minimum Gasteiger partial charge on any atom is -0.292 e. The standard InChI is InChI=1S/C9H8N10S/c10-18-7-15-8(19-5-12-4-14-19)17-9(16-7)20-6-3-11-1-2-13-6/h1-5H,10H2,(H,15,16,17,18).